The van der Waals surface area contributed by atoms with Crippen LogP contribution in [0.15, 0.2) is 42.5 Å². The molecule has 1 aliphatic rings. The predicted octanol–water partition coefficient (Wildman–Crippen LogP) is 3.98. The van der Waals surface area contributed by atoms with E-state index < -0.39 is 6.10 Å². The molecule has 0 bridgehead atoms. The molecule has 2 aromatic rings. The Morgan fingerprint density at radius 3 is 2.44 bits per heavy atom. The Bertz CT molecular complexity index is 761. The van der Waals surface area contributed by atoms with Gasteiger partial charge in [0.05, 0.1) is 0 Å². The first-order valence-corrected chi connectivity index (χ1v) is 9.82. The fraction of sp³-hybridized carbons (Fsp3) is 0.435. The molecule has 1 heterocycles. The van der Waals surface area contributed by atoms with E-state index in [0.29, 0.717) is 6.54 Å². The van der Waals surface area contributed by atoms with E-state index in [1.807, 2.05) is 26.0 Å². The number of hydrogen-bond acceptors (Lipinski definition) is 3. The van der Waals surface area contributed by atoms with Crippen LogP contribution in [0.3, 0.4) is 0 Å². The molecule has 1 fully saturated rings. The molecule has 0 aromatic heterocycles. The Morgan fingerprint density at radius 2 is 1.74 bits per heavy atom. The lowest BCUT2D eigenvalue weighted by Gasteiger charge is -2.17. The summed E-state index contributed by atoms with van der Waals surface area (Å²) in [5, 5.41) is 2.99. The Balaban J connectivity index is 1.52. The molecule has 0 spiro atoms. The number of nitrogens with one attached hydrogen (secondary N) is 1. The van der Waals surface area contributed by atoms with Crippen molar-refractivity contribution in [3.63, 3.8) is 0 Å². The van der Waals surface area contributed by atoms with Gasteiger partial charge in [0.15, 0.2) is 6.10 Å². The molecule has 1 aliphatic heterocycles. The normalized spacial score (nSPS) is 15.5. The van der Waals surface area contributed by atoms with Crippen LogP contribution in [0.4, 0.5) is 0 Å². The quantitative estimate of drug-likeness (QED) is 0.806. The minimum atomic E-state index is -0.529. The summed E-state index contributed by atoms with van der Waals surface area (Å²) in [5.74, 6) is 0.641. The smallest absolute Gasteiger partial charge is 0.261 e. The van der Waals surface area contributed by atoms with Crippen molar-refractivity contribution in [3.05, 3.63) is 64.7 Å². The molecule has 4 heteroatoms. The molecule has 0 unspecified atom stereocenters. The van der Waals surface area contributed by atoms with Crippen LogP contribution in [0.2, 0.25) is 0 Å². The summed E-state index contributed by atoms with van der Waals surface area (Å²) in [6.45, 7) is 9.74. The van der Waals surface area contributed by atoms with Crippen LogP contribution in [-0.4, -0.2) is 30.0 Å². The van der Waals surface area contributed by atoms with Gasteiger partial charge in [0.1, 0.15) is 5.75 Å². The Morgan fingerprint density at radius 1 is 1.07 bits per heavy atom. The van der Waals surface area contributed by atoms with Crippen molar-refractivity contribution in [2.24, 2.45) is 0 Å². The number of likely N-dealkylation sites (tertiary alicyclic amines) is 1. The maximum absolute atomic E-state index is 12.4. The molecule has 1 atom stereocenters. The van der Waals surface area contributed by atoms with Crippen LogP contribution in [-0.2, 0) is 17.9 Å². The summed E-state index contributed by atoms with van der Waals surface area (Å²) in [6, 6.07) is 14.5. The molecule has 0 radical (unpaired) electrons. The average molecular weight is 367 g/mol. The van der Waals surface area contributed by atoms with Crippen molar-refractivity contribution in [2.45, 2.75) is 52.8 Å². The summed E-state index contributed by atoms with van der Waals surface area (Å²) in [6.07, 6.45) is 2.07. The monoisotopic (exact) mass is 366 g/mol. The number of nitrogens with zero attached hydrogens (tertiary/aromatic N) is 1. The van der Waals surface area contributed by atoms with Gasteiger partial charge in [-0.2, -0.15) is 0 Å². The van der Waals surface area contributed by atoms with E-state index in [9.17, 15) is 4.79 Å². The van der Waals surface area contributed by atoms with E-state index >= 15 is 0 Å². The zero-order valence-electron chi connectivity index (χ0n) is 16.6. The molecule has 1 N–H and O–H groups in total. The van der Waals surface area contributed by atoms with Crippen LogP contribution in [0.1, 0.15) is 42.0 Å². The summed E-state index contributed by atoms with van der Waals surface area (Å²) in [4.78, 5) is 14.9. The molecule has 4 nitrogen and oxygen atoms in total. The molecule has 1 amide bonds. The van der Waals surface area contributed by atoms with Crippen molar-refractivity contribution >= 4 is 5.91 Å². The van der Waals surface area contributed by atoms with Gasteiger partial charge in [-0.15, -0.1) is 0 Å². The summed E-state index contributed by atoms with van der Waals surface area (Å²) in [5.41, 5.74) is 4.70. The van der Waals surface area contributed by atoms with Crippen molar-refractivity contribution in [1.29, 1.82) is 0 Å². The van der Waals surface area contributed by atoms with Crippen molar-refractivity contribution in [1.82, 2.24) is 10.2 Å². The van der Waals surface area contributed by atoms with Crippen LogP contribution in [0.5, 0.6) is 5.75 Å². The van der Waals surface area contributed by atoms with Gasteiger partial charge in [-0.1, -0.05) is 30.3 Å². The van der Waals surface area contributed by atoms with E-state index in [-0.39, 0.29) is 5.91 Å². The fourth-order valence-corrected chi connectivity index (χ4v) is 3.63. The third kappa shape index (κ3) is 5.83. The Labute approximate surface area is 162 Å². The largest absolute Gasteiger partial charge is 0.481 e. The van der Waals surface area contributed by atoms with Gasteiger partial charge < -0.3 is 10.1 Å². The van der Waals surface area contributed by atoms with Gasteiger partial charge >= 0.3 is 0 Å². The number of carbonyl (C=O) groups is 1. The van der Waals surface area contributed by atoms with Gasteiger partial charge in [0.2, 0.25) is 0 Å². The van der Waals surface area contributed by atoms with E-state index in [2.05, 4.69) is 40.5 Å². The van der Waals surface area contributed by atoms with Crippen molar-refractivity contribution in [2.75, 3.05) is 13.1 Å². The first-order chi connectivity index (χ1) is 13.0. The predicted molar refractivity (Wildman–Crippen MR) is 109 cm³/mol. The lowest BCUT2D eigenvalue weighted by atomic mass is 10.1. The van der Waals surface area contributed by atoms with E-state index in [1.165, 1.54) is 31.5 Å². The molecule has 3 rings (SSSR count). The van der Waals surface area contributed by atoms with Crippen LogP contribution < -0.4 is 10.1 Å². The summed E-state index contributed by atoms with van der Waals surface area (Å²) in [7, 11) is 0. The van der Waals surface area contributed by atoms with Gasteiger partial charge in [-0.05, 0) is 81.1 Å². The first-order valence-electron chi connectivity index (χ1n) is 9.82. The first kappa shape index (κ1) is 19.4. The molecule has 144 valence electrons. The number of carbonyl (C=O) groups excluding carboxylic acids is 1. The number of ether oxygens (including phenoxy) is 1. The van der Waals surface area contributed by atoms with Crippen molar-refractivity contribution in [3.8, 4) is 5.75 Å². The molecular formula is C23H30N2O2. The minimum absolute atomic E-state index is 0.0981. The van der Waals surface area contributed by atoms with Crippen LogP contribution in [0, 0.1) is 13.8 Å². The number of rotatable bonds is 7. The second-order valence-corrected chi connectivity index (χ2v) is 7.60. The second kappa shape index (κ2) is 9.05. The molecular weight excluding hydrogens is 336 g/mol. The third-order valence-electron chi connectivity index (χ3n) is 4.94. The lowest BCUT2D eigenvalue weighted by Crippen LogP contribution is -2.35. The maximum atomic E-state index is 12.4. The number of benzene rings is 2. The van der Waals surface area contributed by atoms with Gasteiger partial charge in [-0.3, -0.25) is 9.69 Å². The highest BCUT2D eigenvalue weighted by Crippen LogP contribution is 2.18. The van der Waals surface area contributed by atoms with E-state index in [4.69, 9.17) is 4.74 Å². The number of aryl methyl sites for hydroxylation is 2. The fourth-order valence-electron chi connectivity index (χ4n) is 3.63. The standard InChI is InChI=1S/C23H30N2O2/c1-17-11-18(2)13-22(12-17)27-19(3)23(26)24-15-20-7-6-8-21(14-20)16-25-9-4-5-10-25/h6-8,11-14,19H,4-5,9-10,15-16H2,1-3H3,(H,24,26)/t19-/m0/s1. The molecule has 0 saturated carbocycles. The SMILES string of the molecule is Cc1cc(C)cc(O[C@@H](C)C(=O)NCc2cccc(CN3CCCC3)c2)c1. The topological polar surface area (TPSA) is 41.6 Å². The van der Waals surface area contributed by atoms with Gasteiger partial charge in [0.25, 0.3) is 5.91 Å². The highest BCUT2D eigenvalue weighted by Gasteiger charge is 2.15. The number of amides is 1. The maximum Gasteiger partial charge on any atom is 0.261 e. The zero-order valence-corrected chi connectivity index (χ0v) is 16.6. The minimum Gasteiger partial charge on any atom is -0.481 e. The molecule has 2 aromatic carbocycles. The Kier molecular flexibility index (Phi) is 6.51. The lowest BCUT2D eigenvalue weighted by molar-refractivity contribution is -0.127. The van der Waals surface area contributed by atoms with Crippen molar-refractivity contribution < 1.29 is 9.53 Å². The molecule has 0 aliphatic carbocycles. The zero-order chi connectivity index (χ0) is 19.2. The number of hydrogen-bond donors (Lipinski definition) is 1. The highest BCUT2D eigenvalue weighted by atomic mass is 16.5. The average Bonchev–Trinajstić information content (AvgIpc) is 3.12. The summed E-state index contributed by atoms with van der Waals surface area (Å²) < 4.78 is 5.82. The molecule has 1 saturated heterocycles. The summed E-state index contributed by atoms with van der Waals surface area (Å²) >= 11 is 0. The van der Waals surface area contributed by atoms with Gasteiger partial charge in [-0.25, -0.2) is 0 Å². The second-order valence-electron chi connectivity index (χ2n) is 7.60. The third-order valence-corrected chi connectivity index (χ3v) is 4.94. The molecule has 27 heavy (non-hydrogen) atoms. The Hall–Kier alpha value is -2.33. The van der Waals surface area contributed by atoms with Crippen LogP contribution >= 0.6 is 0 Å². The van der Waals surface area contributed by atoms with Crippen LogP contribution in [0.25, 0.3) is 0 Å². The van der Waals surface area contributed by atoms with Gasteiger partial charge in [0, 0.05) is 13.1 Å². The van der Waals surface area contributed by atoms with E-state index in [0.717, 1.165) is 29.0 Å². The van der Waals surface area contributed by atoms with E-state index in [1.54, 1.807) is 6.92 Å². The highest BCUT2D eigenvalue weighted by molar-refractivity contribution is 5.80.